The van der Waals surface area contributed by atoms with Gasteiger partial charge in [-0.1, -0.05) is 12.1 Å². The van der Waals surface area contributed by atoms with Crippen molar-refractivity contribution in [1.29, 1.82) is 0 Å². The summed E-state index contributed by atoms with van der Waals surface area (Å²) < 4.78 is 0. The fraction of sp³-hybridized carbons (Fsp3) is 0.500. The molecule has 1 atom stereocenters. The Labute approximate surface area is 108 Å². The summed E-state index contributed by atoms with van der Waals surface area (Å²) in [5.74, 6) is -0.151. The summed E-state index contributed by atoms with van der Waals surface area (Å²) in [7, 11) is 0. The van der Waals surface area contributed by atoms with Crippen molar-refractivity contribution in [2.45, 2.75) is 32.4 Å². The molecule has 0 bridgehead atoms. The van der Waals surface area contributed by atoms with Crippen LogP contribution >= 0.6 is 0 Å². The van der Waals surface area contributed by atoms with Crippen LogP contribution in [0, 0.1) is 0 Å². The molecule has 0 radical (unpaired) electrons. The molecule has 1 aromatic carbocycles. The fourth-order valence-corrected chi connectivity index (χ4v) is 2.15. The van der Waals surface area contributed by atoms with Gasteiger partial charge in [0.2, 0.25) is 5.91 Å². The molecule has 1 heterocycles. The standard InChI is InChI=1S/C14H21N3O/c1-11(15)14(18)16-13-6-4-12(5-7-13)10-17-8-2-3-9-17/h4-7,11H,2-3,8-10,15H2,1H3,(H,16,18)/t11-/m1/s1. The van der Waals surface area contributed by atoms with Gasteiger partial charge in [0.15, 0.2) is 0 Å². The van der Waals surface area contributed by atoms with Crippen LogP contribution in [0.4, 0.5) is 5.69 Å². The number of nitrogens with two attached hydrogens (primary N) is 1. The summed E-state index contributed by atoms with van der Waals surface area (Å²) in [6.07, 6.45) is 2.62. The molecule has 1 aliphatic heterocycles. The largest absolute Gasteiger partial charge is 0.325 e. The van der Waals surface area contributed by atoms with Gasteiger partial charge < -0.3 is 11.1 Å². The van der Waals surface area contributed by atoms with E-state index in [2.05, 4.69) is 22.3 Å². The van der Waals surface area contributed by atoms with Crippen molar-refractivity contribution in [1.82, 2.24) is 4.90 Å². The summed E-state index contributed by atoms with van der Waals surface area (Å²) in [5.41, 5.74) is 7.60. The van der Waals surface area contributed by atoms with Gasteiger partial charge in [-0.25, -0.2) is 0 Å². The molecule has 2 rings (SSSR count). The molecular weight excluding hydrogens is 226 g/mol. The second kappa shape index (κ2) is 5.98. The van der Waals surface area contributed by atoms with E-state index >= 15 is 0 Å². The molecule has 0 unspecified atom stereocenters. The molecule has 3 N–H and O–H groups in total. The van der Waals surface area contributed by atoms with Crippen LogP contribution in [0.1, 0.15) is 25.3 Å². The average molecular weight is 247 g/mol. The minimum absolute atomic E-state index is 0.151. The Morgan fingerprint density at radius 2 is 1.94 bits per heavy atom. The van der Waals surface area contributed by atoms with Crippen LogP contribution in [0.3, 0.4) is 0 Å². The third-order valence-corrected chi connectivity index (χ3v) is 3.24. The Kier molecular flexibility index (Phi) is 4.33. The van der Waals surface area contributed by atoms with Crippen molar-refractivity contribution in [3.8, 4) is 0 Å². The number of benzene rings is 1. The second-order valence-electron chi connectivity index (χ2n) is 4.96. The maximum atomic E-state index is 11.4. The van der Waals surface area contributed by atoms with E-state index in [1.54, 1.807) is 6.92 Å². The molecule has 0 spiro atoms. The van der Waals surface area contributed by atoms with E-state index < -0.39 is 6.04 Å². The van der Waals surface area contributed by atoms with E-state index in [0.29, 0.717) is 0 Å². The highest BCUT2D eigenvalue weighted by Crippen LogP contribution is 2.15. The molecule has 1 amide bonds. The number of hydrogen-bond acceptors (Lipinski definition) is 3. The lowest BCUT2D eigenvalue weighted by atomic mass is 10.2. The third kappa shape index (κ3) is 3.55. The molecule has 4 heteroatoms. The van der Waals surface area contributed by atoms with Gasteiger partial charge in [0.1, 0.15) is 0 Å². The molecule has 1 aliphatic rings. The Morgan fingerprint density at radius 1 is 1.33 bits per heavy atom. The minimum Gasteiger partial charge on any atom is -0.325 e. The lowest BCUT2D eigenvalue weighted by Gasteiger charge is -2.15. The number of likely N-dealkylation sites (tertiary alicyclic amines) is 1. The van der Waals surface area contributed by atoms with E-state index in [4.69, 9.17) is 5.73 Å². The van der Waals surface area contributed by atoms with Crippen LogP contribution in [-0.2, 0) is 11.3 Å². The molecular formula is C14H21N3O. The van der Waals surface area contributed by atoms with Gasteiger partial charge in [0.05, 0.1) is 6.04 Å². The minimum atomic E-state index is -0.478. The molecule has 98 valence electrons. The van der Waals surface area contributed by atoms with Crippen molar-refractivity contribution >= 4 is 11.6 Å². The number of anilines is 1. The number of nitrogens with one attached hydrogen (secondary N) is 1. The number of hydrogen-bond donors (Lipinski definition) is 2. The number of carbonyl (C=O) groups excluding carboxylic acids is 1. The number of carbonyl (C=O) groups is 1. The van der Waals surface area contributed by atoms with Gasteiger partial charge >= 0.3 is 0 Å². The number of nitrogens with zero attached hydrogens (tertiary/aromatic N) is 1. The van der Waals surface area contributed by atoms with Crippen LogP contribution in [0.15, 0.2) is 24.3 Å². The van der Waals surface area contributed by atoms with Gasteiger partial charge in [-0.05, 0) is 50.6 Å². The van der Waals surface area contributed by atoms with Crippen molar-refractivity contribution in [3.05, 3.63) is 29.8 Å². The van der Waals surface area contributed by atoms with Gasteiger partial charge in [-0.15, -0.1) is 0 Å². The van der Waals surface area contributed by atoms with Crippen molar-refractivity contribution in [3.63, 3.8) is 0 Å². The highest BCUT2D eigenvalue weighted by molar-refractivity contribution is 5.94. The Hall–Kier alpha value is -1.39. The van der Waals surface area contributed by atoms with Crippen molar-refractivity contribution < 1.29 is 4.79 Å². The predicted molar refractivity (Wildman–Crippen MR) is 73.2 cm³/mol. The van der Waals surface area contributed by atoms with Gasteiger partial charge in [0, 0.05) is 12.2 Å². The van der Waals surface area contributed by atoms with Gasteiger partial charge in [-0.2, -0.15) is 0 Å². The summed E-state index contributed by atoms with van der Waals surface area (Å²) in [4.78, 5) is 13.9. The van der Waals surface area contributed by atoms with Crippen LogP contribution < -0.4 is 11.1 Å². The van der Waals surface area contributed by atoms with E-state index in [1.807, 2.05) is 12.1 Å². The first-order chi connectivity index (χ1) is 8.65. The zero-order valence-electron chi connectivity index (χ0n) is 10.9. The third-order valence-electron chi connectivity index (χ3n) is 3.24. The molecule has 1 fully saturated rings. The van der Waals surface area contributed by atoms with Crippen LogP contribution in [-0.4, -0.2) is 29.9 Å². The zero-order valence-corrected chi connectivity index (χ0v) is 10.9. The second-order valence-corrected chi connectivity index (χ2v) is 4.96. The number of amides is 1. The van der Waals surface area contributed by atoms with E-state index in [9.17, 15) is 4.79 Å². The lowest BCUT2D eigenvalue weighted by molar-refractivity contribution is -0.117. The Balaban J connectivity index is 1.90. The molecule has 1 aromatic rings. The molecule has 0 aliphatic carbocycles. The van der Waals surface area contributed by atoms with Crippen molar-refractivity contribution in [2.75, 3.05) is 18.4 Å². The maximum absolute atomic E-state index is 11.4. The molecule has 0 aromatic heterocycles. The Morgan fingerprint density at radius 3 is 2.50 bits per heavy atom. The Bertz CT molecular complexity index is 394. The molecule has 1 saturated heterocycles. The molecule has 0 saturated carbocycles. The fourth-order valence-electron chi connectivity index (χ4n) is 2.15. The molecule has 4 nitrogen and oxygen atoms in total. The monoisotopic (exact) mass is 247 g/mol. The first kappa shape index (κ1) is 13.1. The highest BCUT2D eigenvalue weighted by Gasteiger charge is 2.12. The maximum Gasteiger partial charge on any atom is 0.240 e. The van der Waals surface area contributed by atoms with Crippen LogP contribution in [0.2, 0.25) is 0 Å². The van der Waals surface area contributed by atoms with Crippen molar-refractivity contribution in [2.24, 2.45) is 5.73 Å². The zero-order chi connectivity index (χ0) is 13.0. The predicted octanol–water partition coefficient (Wildman–Crippen LogP) is 1.57. The average Bonchev–Trinajstić information content (AvgIpc) is 2.84. The van der Waals surface area contributed by atoms with E-state index in [0.717, 1.165) is 12.2 Å². The first-order valence-electron chi connectivity index (χ1n) is 6.53. The normalized spacial score (nSPS) is 17.7. The van der Waals surface area contributed by atoms with Crippen LogP contribution in [0.25, 0.3) is 0 Å². The summed E-state index contributed by atoms with van der Waals surface area (Å²) >= 11 is 0. The highest BCUT2D eigenvalue weighted by atomic mass is 16.2. The van der Waals surface area contributed by atoms with Crippen LogP contribution in [0.5, 0.6) is 0 Å². The summed E-state index contributed by atoms with van der Waals surface area (Å²) in [6, 6.07) is 7.52. The SMILES string of the molecule is C[C@@H](N)C(=O)Nc1ccc(CN2CCCC2)cc1. The molecule has 18 heavy (non-hydrogen) atoms. The van der Waals surface area contributed by atoms with E-state index in [-0.39, 0.29) is 5.91 Å². The first-order valence-corrected chi connectivity index (χ1v) is 6.53. The quantitative estimate of drug-likeness (QED) is 0.849. The smallest absolute Gasteiger partial charge is 0.240 e. The lowest BCUT2D eigenvalue weighted by Crippen LogP contribution is -2.32. The topological polar surface area (TPSA) is 58.4 Å². The van der Waals surface area contributed by atoms with E-state index in [1.165, 1.54) is 31.5 Å². The summed E-state index contributed by atoms with van der Waals surface area (Å²) in [5, 5.41) is 2.78. The summed E-state index contributed by atoms with van der Waals surface area (Å²) in [6.45, 7) is 5.07. The van der Waals surface area contributed by atoms with Gasteiger partial charge in [0.25, 0.3) is 0 Å². The number of rotatable bonds is 4. The van der Waals surface area contributed by atoms with Gasteiger partial charge in [-0.3, -0.25) is 9.69 Å².